The molecule has 1 aromatic heterocycles. The van der Waals surface area contributed by atoms with Crippen molar-refractivity contribution >= 4 is 5.97 Å². The number of aryl methyl sites for hydroxylation is 1. The van der Waals surface area contributed by atoms with Crippen LogP contribution in [-0.4, -0.2) is 16.2 Å². The zero-order chi connectivity index (χ0) is 23.5. The SMILES string of the molecule is Cc1noc(-c2ccc(-c3ccc(C4(C(=O)O)CC4)cc3)cc2)c1C/C=C/Cc1ccccc1. The van der Waals surface area contributed by atoms with Crippen molar-refractivity contribution in [1.29, 1.82) is 0 Å². The van der Waals surface area contributed by atoms with Gasteiger partial charge < -0.3 is 9.63 Å². The van der Waals surface area contributed by atoms with Crippen LogP contribution in [-0.2, 0) is 23.1 Å². The van der Waals surface area contributed by atoms with Gasteiger partial charge in [-0.15, -0.1) is 0 Å². The van der Waals surface area contributed by atoms with Gasteiger partial charge in [0.05, 0.1) is 11.1 Å². The molecule has 1 aliphatic carbocycles. The Balaban J connectivity index is 1.30. The largest absolute Gasteiger partial charge is 0.481 e. The number of carbonyl (C=O) groups is 1. The van der Waals surface area contributed by atoms with E-state index in [1.807, 2.05) is 37.3 Å². The summed E-state index contributed by atoms with van der Waals surface area (Å²) in [6.07, 6.45) is 7.48. The molecule has 0 unspecified atom stereocenters. The van der Waals surface area contributed by atoms with Crippen LogP contribution in [0.15, 0.2) is 95.5 Å². The van der Waals surface area contributed by atoms with Gasteiger partial charge in [-0.1, -0.05) is 96.2 Å². The molecule has 5 rings (SSSR count). The van der Waals surface area contributed by atoms with Crippen LogP contribution in [0.3, 0.4) is 0 Å². The predicted octanol–water partition coefficient (Wildman–Crippen LogP) is 6.77. The molecule has 0 amide bonds. The van der Waals surface area contributed by atoms with Crippen LogP contribution in [0.5, 0.6) is 0 Å². The number of rotatable bonds is 8. The first-order valence-electron chi connectivity index (χ1n) is 11.7. The van der Waals surface area contributed by atoms with E-state index in [0.29, 0.717) is 0 Å². The van der Waals surface area contributed by atoms with Gasteiger partial charge in [-0.05, 0) is 54.9 Å². The molecule has 0 spiro atoms. The fourth-order valence-corrected chi connectivity index (χ4v) is 4.44. The van der Waals surface area contributed by atoms with Crippen molar-refractivity contribution in [2.75, 3.05) is 0 Å². The molecule has 1 saturated carbocycles. The van der Waals surface area contributed by atoms with Crippen LogP contribution in [0.25, 0.3) is 22.5 Å². The number of aromatic nitrogens is 1. The first-order valence-corrected chi connectivity index (χ1v) is 11.7. The highest BCUT2D eigenvalue weighted by Crippen LogP contribution is 2.48. The molecular formula is C30H27NO3. The summed E-state index contributed by atoms with van der Waals surface area (Å²) in [5.74, 6) is 0.0820. The standard InChI is InChI=1S/C30H27NO3/c1-21-27(10-6-5-9-22-7-3-2-4-8-22)28(34-31-21)25-13-11-23(12-14-25)24-15-17-26(18-16-24)30(19-20-30)29(32)33/h2-8,11-18H,9-10,19-20H2,1H3,(H,32,33)/b6-5+. The molecule has 4 heteroatoms. The highest BCUT2D eigenvalue weighted by atomic mass is 16.5. The molecule has 170 valence electrons. The summed E-state index contributed by atoms with van der Waals surface area (Å²) in [5.41, 5.74) is 6.66. The lowest BCUT2D eigenvalue weighted by Crippen LogP contribution is -2.19. The summed E-state index contributed by atoms with van der Waals surface area (Å²) >= 11 is 0. The number of benzene rings is 3. The Bertz CT molecular complexity index is 1310. The Morgan fingerprint density at radius 3 is 2.09 bits per heavy atom. The third-order valence-electron chi connectivity index (χ3n) is 6.75. The van der Waals surface area contributed by atoms with Gasteiger partial charge in [-0.25, -0.2) is 0 Å². The molecule has 0 atom stereocenters. The van der Waals surface area contributed by atoms with Crippen molar-refractivity contribution in [3.8, 4) is 22.5 Å². The summed E-state index contributed by atoms with van der Waals surface area (Å²) in [6.45, 7) is 1.98. The maximum absolute atomic E-state index is 11.6. The number of carboxylic acids is 1. The third kappa shape index (κ3) is 4.32. The number of aliphatic carboxylic acids is 1. The highest BCUT2D eigenvalue weighted by Gasteiger charge is 2.51. The van der Waals surface area contributed by atoms with E-state index in [4.69, 9.17) is 4.52 Å². The van der Waals surface area contributed by atoms with Gasteiger partial charge in [0.2, 0.25) is 0 Å². The average Bonchev–Trinajstić information content (AvgIpc) is 3.61. The van der Waals surface area contributed by atoms with Crippen LogP contribution in [0.1, 0.15) is 35.2 Å². The Morgan fingerprint density at radius 2 is 1.47 bits per heavy atom. The third-order valence-corrected chi connectivity index (χ3v) is 6.75. The number of carboxylic acid groups (broad SMARTS) is 1. The van der Waals surface area contributed by atoms with E-state index >= 15 is 0 Å². The highest BCUT2D eigenvalue weighted by molar-refractivity contribution is 5.85. The maximum atomic E-state index is 11.6. The summed E-state index contributed by atoms with van der Waals surface area (Å²) < 4.78 is 5.69. The van der Waals surface area contributed by atoms with Crippen LogP contribution in [0.2, 0.25) is 0 Å². The molecule has 4 nitrogen and oxygen atoms in total. The van der Waals surface area contributed by atoms with Crippen molar-refractivity contribution in [3.05, 3.63) is 113 Å². The Hall–Kier alpha value is -3.92. The lowest BCUT2D eigenvalue weighted by molar-refractivity contribution is -0.140. The second-order valence-corrected chi connectivity index (χ2v) is 8.98. The van der Waals surface area contributed by atoms with Gasteiger partial charge in [0.25, 0.3) is 0 Å². The first kappa shape index (κ1) is 21.9. The normalized spacial score (nSPS) is 14.4. The molecular weight excluding hydrogens is 422 g/mol. The van der Waals surface area contributed by atoms with E-state index in [-0.39, 0.29) is 0 Å². The minimum Gasteiger partial charge on any atom is -0.481 e. The van der Waals surface area contributed by atoms with Crippen molar-refractivity contribution in [2.24, 2.45) is 0 Å². The van der Waals surface area contributed by atoms with Gasteiger partial charge in [-0.2, -0.15) is 0 Å². The predicted molar refractivity (Wildman–Crippen MR) is 134 cm³/mol. The molecule has 0 radical (unpaired) electrons. The molecule has 4 aromatic rings. The topological polar surface area (TPSA) is 63.3 Å². The van der Waals surface area contributed by atoms with Crippen molar-refractivity contribution in [2.45, 2.75) is 38.0 Å². The van der Waals surface area contributed by atoms with E-state index in [2.05, 4.69) is 65.8 Å². The minimum absolute atomic E-state index is 0.668. The second-order valence-electron chi connectivity index (χ2n) is 8.98. The number of nitrogens with zero attached hydrogens (tertiary/aromatic N) is 1. The van der Waals surface area contributed by atoms with Gasteiger partial charge in [0.1, 0.15) is 0 Å². The van der Waals surface area contributed by atoms with Crippen LogP contribution in [0.4, 0.5) is 0 Å². The van der Waals surface area contributed by atoms with E-state index in [9.17, 15) is 9.90 Å². The monoisotopic (exact) mass is 449 g/mol. The van der Waals surface area contributed by atoms with Gasteiger partial charge in [0, 0.05) is 11.1 Å². The summed E-state index contributed by atoms with van der Waals surface area (Å²) in [6, 6.07) is 26.6. The molecule has 1 N–H and O–H groups in total. The van der Waals surface area contributed by atoms with Crippen molar-refractivity contribution in [3.63, 3.8) is 0 Å². The zero-order valence-electron chi connectivity index (χ0n) is 19.2. The lowest BCUT2D eigenvalue weighted by atomic mass is 9.93. The second kappa shape index (κ2) is 9.14. The van der Waals surface area contributed by atoms with Crippen LogP contribution < -0.4 is 0 Å². The van der Waals surface area contributed by atoms with Gasteiger partial charge >= 0.3 is 5.97 Å². The Morgan fingerprint density at radius 1 is 0.882 bits per heavy atom. The van der Waals surface area contributed by atoms with E-state index in [0.717, 1.165) is 65.0 Å². The molecule has 0 saturated heterocycles. The summed E-state index contributed by atoms with van der Waals surface area (Å²) in [5, 5.41) is 13.7. The van der Waals surface area contributed by atoms with E-state index < -0.39 is 11.4 Å². The Labute approximate surface area is 199 Å². The van der Waals surface area contributed by atoms with E-state index in [1.54, 1.807) is 0 Å². The van der Waals surface area contributed by atoms with Crippen molar-refractivity contribution in [1.82, 2.24) is 5.16 Å². The molecule has 34 heavy (non-hydrogen) atoms. The summed E-state index contributed by atoms with van der Waals surface area (Å²) in [4.78, 5) is 11.6. The smallest absolute Gasteiger partial charge is 0.314 e. The number of hydrogen-bond donors (Lipinski definition) is 1. The number of hydrogen-bond acceptors (Lipinski definition) is 3. The fraction of sp³-hybridized carbons (Fsp3) is 0.200. The quantitative estimate of drug-likeness (QED) is 0.301. The van der Waals surface area contributed by atoms with Crippen molar-refractivity contribution < 1.29 is 14.4 Å². The fourth-order valence-electron chi connectivity index (χ4n) is 4.44. The maximum Gasteiger partial charge on any atom is 0.314 e. The molecule has 1 fully saturated rings. The first-order chi connectivity index (χ1) is 16.6. The van der Waals surface area contributed by atoms with Gasteiger partial charge in [0.15, 0.2) is 5.76 Å². The van der Waals surface area contributed by atoms with Crippen LogP contribution in [0, 0.1) is 6.92 Å². The number of allylic oxidation sites excluding steroid dienone is 2. The van der Waals surface area contributed by atoms with E-state index in [1.165, 1.54) is 5.56 Å². The molecule has 1 aliphatic rings. The lowest BCUT2D eigenvalue weighted by Gasteiger charge is -2.11. The molecule has 0 bridgehead atoms. The summed E-state index contributed by atoms with van der Waals surface area (Å²) in [7, 11) is 0. The van der Waals surface area contributed by atoms with Crippen LogP contribution >= 0.6 is 0 Å². The average molecular weight is 450 g/mol. The molecule has 3 aromatic carbocycles. The Kier molecular flexibility index (Phi) is 5.89. The van der Waals surface area contributed by atoms with Gasteiger partial charge in [-0.3, -0.25) is 4.79 Å². The minimum atomic E-state index is -0.724. The zero-order valence-corrected chi connectivity index (χ0v) is 19.2. The molecule has 1 heterocycles. The molecule has 0 aliphatic heterocycles.